The van der Waals surface area contributed by atoms with Gasteiger partial charge in [0, 0.05) is 16.2 Å². The van der Waals surface area contributed by atoms with Crippen molar-refractivity contribution in [2.45, 2.75) is 86.8 Å². The van der Waals surface area contributed by atoms with Gasteiger partial charge in [0.1, 0.15) is 0 Å². The average molecular weight is 631 g/mol. The minimum absolute atomic E-state index is 0.0731. The van der Waals surface area contributed by atoms with Crippen LogP contribution in [0.25, 0.3) is 0 Å². The number of aryl methyl sites for hydroxylation is 1. The number of ketones is 1. The van der Waals surface area contributed by atoms with E-state index < -0.39 is 25.7 Å². The van der Waals surface area contributed by atoms with Crippen LogP contribution in [0.2, 0.25) is 0 Å². The van der Waals surface area contributed by atoms with E-state index in [1.165, 1.54) is 23.9 Å². The molecule has 0 aliphatic carbocycles. The van der Waals surface area contributed by atoms with E-state index in [2.05, 4.69) is 0 Å². The zero-order valence-corrected chi connectivity index (χ0v) is 27.4. The molecule has 0 bridgehead atoms. The van der Waals surface area contributed by atoms with Crippen molar-refractivity contribution in [2.75, 3.05) is 5.75 Å². The van der Waals surface area contributed by atoms with Crippen molar-refractivity contribution < 1.29 is 30.7 Å². The Labute approximate surface area is 253 Å². The maximum absolute atomic E-state index is 14.6. The topological polar surface area (TPSA) is 126 Å². The van der Waals surface area contributed by atoms with Crippen molar-refractivity contribution in [2.24, 2.45) is 5.41 Å². The first kappa shape index (κ1) is 32.4. The number of rotatable bonds is 6. The fraction of sp³-hybridized carbons (Fsp3) is 0.406. The van der Waals surface area contributed by atoms with E-state index in [1.807, 2.05) is 66.7 Å². The van der Waals surface area contributed by atoms with E-state index in [4.69, 9.17) is 0 Å². The third kappa shape index (κ3) is 6.53. The van der Waals surface area contributed by atoms with Crippen LogP contribution >= 0.6 is 11.8 Å². The molecule has 42 heavy (non-hydrogen) atoms. The van der Waals surface area contributed by atoms with Crippen molar-refractivity contribution in [1.29, 1.82) is 0 Å². The van der Waals surface area contributed by atoms with Crippen LogP contribution in [-0.4, -0.2) is 37.5 Å². The quantitative estimate of drug-likeness (QED) is 0.284. The Morgan fingerprint density at radius 2 is 1.21 bits per heavy atom. The number of thioether (sulfide) groups is 1. The van der Waals surface area contributed by atoms with Crippen LogP contribution in [0.4, 0.5) is 0 Å². The number of benzene rings is 3. The van der Waals surface area contributed by atoms with E-state index in [0.29, 0.717) is 5.56 Å². The maximum Gasteiger partial charge on any atom is 0.294 e. The average Bonchev–Trinajstić information content (AvgIpc) is 2.84. The van der Waals surface area contributed by atoms with Crippen LogP contribution < -0.4 is 0 Å². The Morgan fingerprint density at radius 3 is 1.62 bits per heavy atom. The number of Topliss-reactive ketones (excluding diaryl/α,β-unsaturated/α-hetero) is 1. The third-order valence-corrected chi connectivity index (χ3v) is 11.2. The van der Waals surface area contributed by atoms with E-state index >= 15 is 0 Å². The van der Waals surface area contributed by atoms with Gasteiger partial charge in [-0.3, -0.25) is 13.9 Å². The van der Waals surface area contributed by atoms with Crippen LogP contribution in [0.15, 0.2) is 69.3 Å². The van der Waals surface area contributed by atoms with Gasteiger partial charge in [-0.25, -0.2) is 0 Å². The van der Waals surface area contributed by atoms with Crippen LogP contribution in [0, 0.1) is 12.3 Å². The molecule has 1 aliphatic rings. The van der Waals surface area contributed by atoms with E-state index in [1.54, 1.807) is 24.3 Å². The minimum Gasteiger partial charge on any atom is -0.293 e. The molecule has 0 unspecified atom stereocenters. The standard InChI is InChI=1S/C32H38O7S3/c1-20-9-8-10-25-28(20)29(33)32(19-40-25,17-21-15-23(30(2,3)4)11-13-26(21)41(34,35)36)18-22-16-24(31(5,6)7)12-14-27(22)42(37,38)39/h8-16H,17-19H2,1-7H3,(H,34,35,36)(H,37,38,39). The zero-order chi connectivity index (χ0) is 31.5. The predicted octanol–water partition coefficient (Wildman–Crippen LogP) is 6.84. The van der Waals surface area contributed by atoms with E-state index in [0.717, 1.165) is 21.6 Å². The Hall–Kier alpha value is -2.50. The van der Waals surface area contributed by atoms with Crippen LogP contribution in [0.1, 0.15) is 79.7 Å². The van der Waals surface area contributed by atoms with Gasteiger partial charge >= 0.3 is 0 Å². The molecular weight excluding hydrogens is 593 g/mol. The normalized spacial score (nSPS) is 15.9. The smallest absolute Gasteiger partial charge is 0.293 e. The van der Waals surface area contributed by atoms with Crippen molar-refractivity contribution >= 4 is 37.8 Å². The Balaban J connectivity index is 2.02. The number of carbonyl (C=O) groups excluding carboxylic acids is 1. The lowest BCUT2D eigenvalue weighted by Crippen LogP contribution is -2.42. The first-order valence-corrected chi connectivity index (χ1v) is 17.5. The molecule has 0 amide bonds. The third-order valence-electron chi connectivity index (χ3n) is 7.91. The molecule has 226 valence electrons. The lowest BCUT2D eigenvalue weighted by Gasteiger charge is -2.38. The largest absolute Gasteiger partial charge is 0.294 e. The first-order chi connectivity index (χ1) is 19.1. The Kier molecular flexibility index (Phi) is 8.41. The summed E-state index contributed by atoms with van der Waals surface area (Å²) in [5.41, 5.74) is 1.45. The van der Waals surface area contributed by atoms with Gasteiger partial charge in [0.2, 0.25) is 0 Å². The molecular formula is C32H38O7S3. The van der Waals surface area contributed by atoms with Crippen LogP contribution in [0.3, 0.4) is 0 Å². The molecule has 3 aromatic rings. The van der Waals surface area contributed by atoms with Crippen molar-refractivity contribution in [3.8, 4) is 0 Å². The van der Waals surface area contributed by atoms with E-state index in [9.17, 15) is 30.7 Å². The molecule has 0 radical (unpaired) electrons. The van der Waals surface area contributed by atoms with Gasteiger partial charge in [-0.05, 0) is 76.6 Å². The fourth-order valence-electron chi connectivity index (χ4n) is 5.52. The second kappa shape index (κ2) is 10.9. The molecule has 0 saturated heterocycles. The summed E-state index contributed by atoms with van der Waals surface area (Å²) in [5.74, 6) is -0.00307. The molecule has 4 rings (SSSR count). The Morgan fingerprint density at radius 1 is 0.762 bits per heavy atom. The summed E-state index contributed by atoms with van der Waals surface area (Å²) < 4.78 is 70.5. The first-order valence-electron chi connectivity index (χ1n) is 13.6. The summed E-state index contributed by atoms with van der Waals surface area (Å²) in [5, 5.41) is 0. The summed E-state index contributed by atoms with van der Waals surface area (Å²) in [7, 11) is -9.29. The lowest BCUT2D eigenvalue weighted by molar-refractivity contribution is 0.0809. The van der Waals surface area contributed by atoms with E-state index in [-0.39, 0.29) is 56.1 Å². The highest BCUT2D eigenvalue weighted by Gasteiger charge is 2.45. The molecule has 3 aromatic carbocycles. The molecule has 1 heterocycles. The predicted molar refractivity (Wildman–Crippen MR) is 166 cm³/mol. The van der Waals surface area contributed by atoms with Crippen molar-refractivity contribution in [3.63, 3.8) is 0 Å². The minimum atomic E-state index is -4.64. The fourth-order valence-corrected chi connectivity index (χ4v) is 8.27. The van der Waals surface area contributed by atoms with Gasteiger partial charge < -0.3 is 0 Å². The molecule has 0 fully saturated rings. The molecule has 0 aromatic heterocycles. The van der Waals surface area contributed by atoms with Gasteiger partial charge in [0.15, 0.2) is 5.78 Å². The van der Waals surface area contributed by atoms with Gasteiger partial charge in [-0.15, -0.1) is 11.8 Å². The summed E-state index contributed by atoms with van der Waals surface area (Å²) in [6.07, 6.45) is -0.146. The molecule has 10 heteroatoms. The van der Waals surface area contributed by atoms with Crippen molar-refractivity contribution in [3.05, 3.63) is 88.0 Å². The lowest BCUT2D eigenvalue weighted by atomic mass is 9.71. The van der Waals surface area contributed by atoms with Crippen molar-refractivity contribution in [1.82, 2.24) is 0 Å². The highest BCUT2D eigenvalue weighted by molar-refractivity contribution is 7.99. The SMILES string of the molecule is Cc1cccc2c1C(=O)C(Cc1cc(C(C)(C)C)ccc1S(=O)(=O)O)(Cc1cc(C(C)(C)C)ccc1S(=O)(=O)O)CS2. The van der Waals surface area contributed by atoms with Gasteiger partial charge in [-0.2, -0.15) is 16.8 Å². The summed E-state index contributed by atoms with van der Waals surface area (Å²) in [6.45, 7) is 13.7. The van der Waals surface area contributed by atoms with Gasteiger partial charge in [-0.1, -0.05) is 77.9 Å². The molecule has 1 aliphatic heterocycles. The number of carbonyl (C=O) groups is 1. The molecule has 0 spiro atoms. The summed E-state index contributed by atoms with van der Waals surface area (Å²) >= 11 is 1.45. The maximum atomic E-state index is 14.6. The molecule has 7 nitrogen and oxygen atoms in total. The highest BCUT2D eigenvalue weighted by Crippen LogP contribution is 2.47. The van der Waals surface area contributed by atoms with Gasteiger partial charge in [0.05, 0.1) is 15.2 Å². The molecule has 2 N–H and O–H groups in total. The zero-order valence-electron chi connectivity index (χ0n) is 25.0. The van der Waals surface area contributed by atoms with Crippen LogP contribution in [0.5, 0.6) is 0 Å². The van der Waals surface area contributed by atoms with Gasteiger partial charge in [0.25, 0.3) is 20.2 Å². The second-order valence-electron chi connectivity index (χ2n) is 13.3. The summed E-state index contributed by atoms with van der Waals surface area (Å²) in [4.78, 5) is 14.8. The highest BCUT2D eigenvalue weighted by atomic mass is 32.2. The molecule has 0 saturated carbocycles. The number of hydrogen-bond donors (Lipinski definition) is 2. The number of hydrogen-bond acceptors (Lipinski definition) is 6. The monoisotopic (exact) mass is 630 g/mol. The van der Waals surface area contributed by atoms with Crippen LogP contribution in [-0.2, 0) is 43.9 Å². The number of fused-ring (bicyclic) bond motifs is 1. The molecule has 0 atom stereocenters. The Bertz CT molecular complexity index is 1680. The summed E-state index contributed by atoms with van der Waals surface area (Å²) in [6, 6.07) is 15.0. The second-order valence-corrected chi connectivity index (χ2v) is 17.1.